The zero-order valence-corrected chi connectivity index (χ0v) is 10.1. The number of hydrogen-bond donors (Lipinski definition) is 1. The van der Waals surface area contributed by atoms with Gasteiger partial charge in [0.2, 0.25) is 0 Å². The summed E-state index contributed by atoms with van der Waals surface area (Å²) in [6, 6.07) is 4.20. The Morgan fingerprint density at radius 1 is 1.29 bits per heavy atom. The molecule has 1 aromatic rings. The van der Waals surface area contributed by atoms with Crippen LogP contribution in [0.3, 0.4) is 0 Å². The van der Waals surface area contributed by atoms with Crippen LogP contribution in [0.4, 0.5) is 0 Å². The first-order valence-corrected chi connectivity index (χ1v) is 6.93. The summed E-state index contributed by atoms with van der Waals surface area (Å²) in [4.78, 5) is 4.55. The van der Waals surface area contributed by atoms with Crippen molar-refractivity contribution in [2.24, 2.45) is 11.8 Å². The number of aromatic nitrogens is 1. The second-order valence-electron chi connectivity index (χ2n) is 6.21. The summed E-state index contributed by atoms with van der Waals surface area (Å²) in [5.74, 6) is 1.65. The second kappa shape index (κ2) is 3.32. The molecule has 0 amide bonds. The second-order valence-corrected chi connectivity index (χ2v) is 6.21. The molecule has 2 fully saturated rings. The number of hydrogen-bond acceptors (Lipinski definition) is 2. The Morgan fingerprint density at radius 2 is 2.24 bits per heavy atom. The van der Waals surface area contributed by atoms with Crippen molar-refractivity contribution >= 4 is 0 Å². The molecule has 0 radical (unpaired) electrons. The molecule has 2 heteroatoms. The van der Waals surface area contributed by atoms with Gasteiger partial charge in [0, 0.05) is 17.8 Å². The van der Waals surface area contributed by atoms with Gasteiger partial charge in [0.25, 0.3) is 0 Å². The van der Waals surface area contributed by atoms with Gasteiger partial charge >= 0.3 is 0 Å². The minimum atomic E-state index is -0.428. The molecule has 4 rings (SSSR count). The van der Waals surface area contributed by atoms with E-state index in [1.54, 1.807) is 0 Å². The lowest BCUT2D eigenvalue weighted by Crippen LogP contribution is -2.41. The molecule has 2 saturated carbocycles. The van der Waals surface area contributed by atoms with Crippen molar-refractivity contribution in [2.75, 3.05) is 0 Å². The van der Waals surface area contributed by atoms with Crippen LogP contribution in [0.25, 0.3) is 0 Å². The van der Waals surface area contributed by atoms with E-state index in [1.807, 2.05) is 12.3 Å². The molecule has 3 aliphatic carbocycles. The third-order valence-corrected chi connectivity index (χ3v) is 5.43. The predicted octanol–water partition coefficient (Wildman–Crippen LogP) is 2.66. The topological polar surface area (TPSA) is 33.1 Å². The molecule has 17 heavy (non-hydrogen) atoms. The lowest BCUT2D eigenvalue weighted by atomic mass is 9.73. The highest BCUT2D eigenvalue weighted by Crippen LogP contribution is 2.58. The molecule has 0 saturated heterocycles. The van der Waals surface area contributed by atoms with Gasteiger partial charge in [-0.2, -0.15) is 0 Å². The van der Waals surface area contributed by atoms with Crippen molar-refractivity contribution in [3.63, 3.8) is 0 Å². The molecule has 1 N–H and O–H groups in total. The van der Waals surface area contributed by atoms with E-state index in [-0.39, 0.29) is 0 Å². The lowest BCUT2D eigenvalue weighted by Gasteiger charge is -2.38. The molecular weight excluding hydrogens is 210 g/mol. The minimum Gasteiger partial charge on any atom is -0.389 e. The van der Waals surface area contributed by atoms with E-state index in [0.717, 1.165) is 25.2 Å². The fourth-order valence-corrected chi connectivity index (χ4v) is 4.67. The van der Waals surface area contributed by atoms with E-state index in [0.29, 0.717) is 11.8 Å². The van der Waals surface area contributed by atoms with Crippen LogP contribution in [0.5, 0.6) is 0 Å². The van der Waals surface area contributed by atoms with Crippen LogP contribution in [0.2, 0.25) is 0 Å². The average molecular weight is 229 g/mol. The number of rotatable bonds is 1. The van der Waals surface area contributed by atoms with Gasteiger partial charge in [-0.1, -0.05) is 6.07 Å². The quantitative estimate of drug-likeness (QED) is 0.803. The Morgan fingerprint density at radius 3 is 3.00 bits per heavy atom. The SMILES string of the molecule is OC1(C2CCc3cccnc32)CC2CCC1C2. The first kappa shape index (κ1) is 10.1. The Balaban J connectivity index is 1.73. The summed E-state index contributed by atoms with van der Waals surface area (Å²) in [6.07, 6.45) is 8.95. The van der Waals surface area contributed by atoms with Crippen LogP contribution in [-0.2, 0) is 6.42 Å². The minimum absolute atomic E-state index is 0.314. The van der Waals surface area contributed by atoms with Crippen LogP contribution in [-0.4, -0.2) is 15.7 Å². The third-order valence-electron chi connectivity index (χ3n) is 5.43. The van der Waals surface area contributed by atoms with E-state index >= 15 is 0 Å². The Kier molecular flexibility index (Phi) is 1.97. The van der Waals surface area contributed by atoms with Gasteiger partial charge in [0.05, 0.1) is 5.60 Å². The Bertz CT molecular complexity index is 458. The number of aryl methyl sites for hydroxylation is 1. The van der Waals surface area contributed by atoms with Crippen molar-refractivity contribution in [2.45, 2.75) is 50.0 Å². The Hall–Kier alpha value is -0.890. The smallest absolute Gasteiger partial charge is 0.0762 e. The highest BCUT2D eigenvalue weighted by Gasteiger charge is 2.55. The molecule has 4 unspecified atom stereocenters. The molecule has 1 aromatic heterocycles. The molecule has 0 spiro atoms. The predicted molar refractivity (Wildman–Crippen MR) is 65.7 cm³/mol. The molecule has 4 atom stereocenters. The zero-order chi connectivity index (χ0) is 11.5. The summed E-state index contributed by atoms with van der Waals surface area (Å²) < 4.78 is 0. The van der Waals surface area contributed by atoms with Gasteiger partial charge in [-0.15, -0.1) is 0 Å². The maximum atomic E-state index is 11.1. The molecule has 1 heterocycles. The van der Waals surface area contributed by atoms with Crippen LogP contribution < -0.4 is 0 Å². The van der Waals surface area contributed by atoms with Crippen LogP contribution in [0, 0.1) is 11.8 Å². The summed E-state index contributed by atoms with van der Waals surface area (Å²) >= 11 is 0. The summed E-state index contributed by atoms with van der Waals surface area (Å²) in [6.45, 7) is 0. The van der Waals surface area contributed by atoms with Crippen LogP contribution >= 0.6 is 0 Å². The molecule has 2 nitrogen and oxygen atoms in total. The van der Waals surface area contributed by atoms with Gasteiger partial charge in [-0.3, -0.25) is 4.98 Å². The molecule has 3 aliphatic rings. The number of aliphatic hydroxyl groups is 1. The number of pyridine rings is 1. The average Bonchev–Trinajstić information content (AvgIpc) is 3.01. The van der Waals surface area contributed by atoms with Crippen LogP contribution in [0.1, 0.15) is 49.3 Å². The van der Waals surface area contributed by atoms with Crippen molar-refractivity contribution in [3.05, 3.63) is 29.6 Å². The Labute approximate surface area is 102 Å². The van der Waals surface area contributed by atoms with E-state index in [9.17, 15) is 5.11 Å². The summed E-state index contributed by atoms with van der Waals surface area (Å²) in [5, 5.41) is 11.1. The van der Waals surface area contributed by atoms with E-state index in [2.05, 4.69) is 11.1 Å². The maximum Gasteiger partial charge on any atom is 0.0762 e. The van der Waals surface area contributed by atoms with E-state index in [1.165, 1.54) is 30.5 Å². The molecular formula is C15H19NO. The van der Waals surface area contributed by atoms with E-state index < -0.39 is 5.60 Å². The first-order chi connectivity index (χ1) is 8.27. The third kappa shape index (κ3) is 1.28. The molecule has 90 valence electrons. The highest BCUT2D eigenvalue weighted by atomic mass is 16.3. The largest absolute Gasteiger partial charge is 0.389 e. The molecule has 0 aromatic carbocycles. The van der Waals surface area contributed by atoms with Gasteiger partial charge < -0.3 is 5.11 Å². The van der Waals surface area contributed by atoms with Crippen molar-refractivity contribution < 1.29 is 5.11 Å². The van der Waals surface area contributed by atoms with Crippen molar-refractivity contribution in [3.8, 4) is 0 Å². The number of nitrogens with zero attached hydrogens (tertiary/aromatic N) is 1. The van der Waals surface area contributed by atoms with E-state index in [4.69, 9.17) is 0 Å². The summed E-state index contributed by atoms with van der Waals surface area (Å²) in [7, 11) is 0. The first-order valence-electron chi connectivity index (χ1n) is 6.93. The van der Waals surface area contributed by atoms with Crippen LogP contribution in [0.15, 0.2) is 18.3 Å². The molecule has 0 aliphatic heterocycles. The standard InChI is InChI=1S/C15H19NO/c17-15(9-10-3-5-12(15)8-10)13-6-4-11-2-1-7-16-14(11)13/h1-2,7,10,12-13,17H,3-6,8-9H2. The zero-order valence-electron chi connectivity index (χ0n) is 10.1. The monoisotopic (exact) mass is 229 g/mol. The van der Waals surface area contributed by atoms with Gasteiger partial charge in [-0.25, -0.2) is 0 Å². The normalized spacial score (nSPS) is 43.0. The highest BCUT2D eigenvalue weighted by molar-refractivity contribution is 5.32. The number of fused-ring (bicyclic) bond motifs is 3. The van der Waals surface area contributed by atoms with Gasteiger partial charge in [0.15, 0.2) is 0 Å². The maximum absolute atomic E-state index is 11.1. The van der Waals surface area contributed by atoms with Crippen molar-refractivity contribution in [1.29, 1.82) is 0 Å². The summed E-state index contributed by atoms with van der Waals surface area (Å²) in [5.41, 5.74) is 2.14. The molecule has 2 bridgehead atoms. The fourth-order valence-electron chi connectivity index (χ4n) is 4.67. The van der Waals surface area contributed by atoms with Gasteiger partial charge in [-0.05, 0) is 62.0 Å². The lowest BCUT2D eigenvalue weighted by molar-refractivity contribution is -0.0386. The van der Waals surface area contributed by atoms with Gasteiger partial charge in [0.1, 0.15) is 0 Å². The van der Waals surface area contributed by atoms with Crippen molar-refractivity contribution in [1.82, 2.24) is 4.98 Å². The fraction of sp³-hybridized carbons (Fsp3) is 0.667.